The topological polar surface area (TPSA) is 46.2 Å². The molecule has 0 saturated heterocycles. The van der Waals surface area contributed by atoms with Crippen molar-refractivity contribution < 1.29 is 5.11 Å². The molecule has 2 heteroatoms. The fourth-order valence-electron chi connectivity index (χ4n) is 3.40. The lowest BCUT2D eigenvalue weighted by molar-refractivity contribution is -0.114. The molecule has 0 aromatic heterocycles. The molecule has 2 nitrogen and oxygen atoms in total. The van der Waals surface area contributed by atoms with Crippen molar-refractivity contribution in [1.29, 1.82) is 0 Å². The molecule has 3 N–H and O–H groups in total. The normalized spacial score (nSPS) is 32.1. The summed E-state index contributed by atoms with van der Waals surface area (Å²) in [5, 5.41) is 10.8. The standard InChI is InChI=1S/C14H27NO/c1-12(2)6-8-14(10-15,9-7-12)13(3,16)11-4-5-11/h11,16H,4-10,15H2,1-3H3. The minimum atomic E-state index is -0.530. The largest absolute Gasteiger partial charge is 0.389 e. The van der Waals surface area contributed by atoms with Crippen molar-refractivity contribution in [3.8, 4) is 0 Å². The van der Waals surface area contributed by atoms with Crippen molar-refractivity contribution in [2.75, 3.05) is 6.54 Å². The maximum atomic E-state index is 10.8. The Kier molecular flexibility index (Phi) is 2.87. The first-order chi connectivity index (χ1) is 7.33. The fraction of sp³-hybridized carbons (Fsp3) is 1.00. The Balaban J connectivity index is 2.14. The van der Waals surface area contributed by atoms with E-state index in [0.29, 0.717) is 17.9 Å². The number of nitrogens with two attached hydrogens (primary N) is 1. The quantitative estimate of drug-likeness (QED) is 0.775. The highest BCUT2D eigenvalue weighted by atomic mass is 16.3. The van der Waals surface area contributed by atoms with Gasteiger partial charge in [-0.15, -0.1) is 0 Å². The van der Waals surface area contributed by atoms with E-state index in [2.05, 4.69) is 13.8 Å². The maximum absolute atomic E-state index is 10.8. The van der Waals surface area contributed by atoms with Crippen LogP contribution in [0, 0.1) is 16.7 Å². The molecule has 1 atom stereocenters. The van der Waals surface area contributed by atoms with E-state index in [4.69, 9.17) is 5.73 Å². The highest BCUT2D eigenvalue weighted by Crippen LogP contribution is 2.56. The third-order valence-corrected chi connectivity index (χ3v) is 5.40. The average Bonchev–Trinajstić information content (AvgIpc) is 3.01. The third kappa shape index (κ3) is 1.91. The van der Waals surface area contributed by atoms with Crippen molar-refractivity contribution in [2.24, 2.45) is 22.5 Å². The molecule has 0 aliphatic heterocycles. The Hall–Kier alpha value is -0.0800. The second-order valence-corrected chi connectivity index (χ2v) is 7.07. The first kappa shape index (κ1) is 12.4. The van der Waals surface area contributed by atoms with Gasteiger partial charge in [-0.3, -0.25) is 0 Å². The van der Waals surface area contributed by atoms with E-state index in [1.807, 2.05) is 6.92 Å². The van der Waals surface area contributed by atoms with Gasteiger partial charge in [0.15, 0.2) is 0 Å². The Labute approximate surface area is 99.6 Å². The van der Waals surface area contributed by atoms with Crippen LogP contribution in [0.4, 0.5) is 0 Å². The lowest BCUT2D eigenvalue weighted by Crippen LogP contribution is -2.54. The van der Waals surface area contributed by atoms with E-state index in [0.717, 1.165) is 12.8 Å². The van der Waals surface area contributed by atoms with E-state index >= 15 is 0 Å². The average molecular weight is 225 g/mol. The van der Waals surface area contributed by atoms with Gasteiger partial charge in [0, 0.05) is 12.0 Å². The molecule has 2 fully saturated rings. The van der Waals surface area contributed by atoms with Crippen LogP contribution in [-0.4, -0.2) is 17.3 Å². The second kappa shape index (κ2) is 3.71. The maximum Gasteiger partial charge on any atom is 0.0715 e. The van der Waals surface area contributed by atoms with Gasteiger partial charge >= 0.3 is 0 Å². The zero-order valence-corrected chi connectivity index (χ0v) is 11.1. The molecule has 0 aromatic carbocycles. The van der Waals surface area contributed by atoms with Crippen LogP contribution in [0.1, 0.15) is 59.3 Å². The summed E-state index contributed by atoms with van der Waals surface area (Å²) in [6.07, 6.45) is 6.98. The van der Waals surface area contributed by atoms with Gasteiger partial charge in [0.1, 0.15) is 0 Å². The van der Waals surface area contributed by atoms with Gasteiger partial charge in [0.25, 0.3) is 0 Å². The van der Waals surface area contributed by atoms with E-state index < -0.39 is 5.60 Å². The molecule has 2 aliphatic rings. The van der Waals surface area contributed by atoms with Crippen molar-refractivity contribution in [2.45, 2.75) is 64.9 Å². The minimum Gasteiger partial charge on any atom is -0.389 e. The molecule has 16 heavy (non-hydrogen) atoms. The zero-order valence-electron chi connectivity index (χ0n) is 11.1. The lowest BCUT2D eigenvalue weighted by Gasteiger charge is -2.51. The molecule has 2 rings (SSSR count). The minimum absolute atomic E-state index is 0.0102. The molecule has 0 spiro atoms. The van der Waals surface area contributed by atoms with Gasteiger partial charge in [-0.1, -0.05) is 13.8 Å². The van der Waals surface area contributed by atoms with Gasteiger partial charge in [-0.05, 0) is 56.8 Å². The van der Waals surface area contributed by atoms with Crippen LogP contribution in [0.2, 0.25) is 0 Å². The van der Waals surface area contributed by atoms with E-state index in [9.17, 15) is 5.11 Å². The highest BCUT2D eigenvalue weighted by Gasteiger charge is 2.55. The number of hydrogen-bond acceptors (Lipinski definition) is 2. The zero-order chi connectivity index (χ0) is 12.0. The van der Waals surface area contributed by atoms with Crippen LogP contribution in [0.15, 0.2) is 0 Å². The van der Waals surface area contributed by atoms with Gasteiger partial charge in [0.2, 0.25) is 0 Å². The molecule has 0 radical (unpaired) electrons. The predicted molar refractivity (Wildman–Crippen MR) is 67.1 cm³/mol. The van der Waals surface area contributed by atoms with E-state index in [-0.39, 0.29) is 5.41 Å². The van der Waals surface area contributed by atoms with Crippen LogP contribution < -0.4 is 5.73 Å². The van der Waals surface area contributed by atoms with Crippen LogP contribution in [0.25, 0.3) is 0 Å². The molecule has 0 aromatic rings. The molecule has 94 valence electrons. The first-order valence-corrected chi connectivity index (χ1v) is 6.75. The van der Waals surface area contributed by atoms with Crippen LogP contribution in [0.5, 0.6) is 0 Å². The summed E-state index contributed by atoms with van der Waals surface area (Å²) < 4.78 is 0. The van der Waals surface area contributed by atoms with E-state index in [1.165, 1.54) is 25.7 Å². The molecule has 0 bridgehead atoms. The van der Waals surface area contributed by atoms with Crippen molar-refractivity contribution >= 4 is 0 Å². The predicted octanol–water partition coefficient (Wildman–Crippen LogP) is 2.69. The number of rotatable bonds is 3. The second-order valence-electron chi connectivity index (χ2n) is 7.07. The van der Waals surface area contributed by atoms with Gasteiger partial charge in [-0.25, -0.2) is 0 Å². The Morgan fingerprint density at radius 1 is 1.19 bits per heavy atom. The molecule has 0 amide bonds. The Morgan fingerprint density at radius 2 is 1.69 bits per heavy atom. The summed E-state index contributed by atoms with van der Waals surface area (Å²) in [5.74, 6) is 0.511. The molecule has 2 aliphatic carbocycles. The molecular formula is C14H27NO. The Morgan fingerprint density at radius 3 is 2.06 bits per heavy atom. The first-order valence-electron chi connectivity index (χ1n) is 6.75. The summed E-state index contributed by atoms with van der Waals surface area (Å²) in [6.45, 7) is 7.35. The van der Waals surface area contributed by atoms with Gasteiger partial charge in [0.05, 0.1) is 5.60 Å². The van der Waals surface area contributed by atoms with Crippen LogP contribution >= 0.6 is 0 Å². The highest BCUT2D eigenvalue weighted by molar-refractivity contribution is 5.07. The van der Waals surface area contributed by atoms with Crippen LogP contribution in [-0.2, 0) is 0 Å². The summed E-state index contributed by atoms with van der Waals surface area (Å²) in [7, 11) is 0. The summed E-state index contributed by atoms with van der Waals surface area (Å²) >= 11 is 0. The van der Waals surface area contributed by atoms with Crippen molar-refractivity contribution in [1.82, 2.24) is 0 Å². The smallest absolute Gasteiger partial charge is 0.0715 e. The van der Waals surface area contributed by atoms with E-state index in [1.54, 1.807) is 0 Å². The summed E-state index contributed by atoms with van der Waals surface area (Å²) in [6, 6.07) is 0. The van der Waals surface area contributed by atoms with Crippen molar-refractivity contribution in [3.05, 3.63) is 0 Å². The molecule has 2 saturated carbocycles. The SMILES string of the molecule is CC1(C)CCC(CN)(C(C)(O)C2CC2)CC1. The summed E-state index contributed by atoms with van der Waals surface area (Å²) in [5.41, 5.74) is 5.92. The molecular weight excluding hydrogens is 198 g/mol. The van der Waals surface area contributed by atoms with Crippen LogP contribution in [0.3, 0.4) is 0 Å². The Bertz CT molecular complexity index is 256. The van der Waals surface area contributed by atoms with Crippen molar-refractivity contribution in [3.63, 3.8) is 0 Å². The lowest BCUT2D eigenvalue weighted by atomic mass is 9.57. The molecule has 1 unspecified atom stereocenters. The number of aliphatic hydroxyl groups is 1. The third-order valence-electron chi connectivity index (χ3n) is 5.40. The number of hydrogen-bond donors (Lipinski definition) is 2. The fourth-order valence-corrected chi connectivity index (χ4v) is 3.40. The summed E-state index contributed by atoms with van der Waals surface area (Å²) in [4.78, 5) is 0. The van der Waals surface area contributed by atoms with Gasteiger partial charge < -0.3 is 10.8 Å². The monoisotopic (exact) mass is 225 g/mol. The van der Waals surface area contributed by atoms with Gasteiger partial charge in [-0.2, -0.15) is 0 Å². The molecule has 0 heterocycles.